The standard InChI is InChI=1S/2C22H19.C2H4.2ClH.Zr/c2*1-14-11-20-15(2)13-16(3)22(21(20)12-14)19-10-6-8-17-7-4-5-9-18(17)19;1-2;;;/h2*4-13H,1-3H3;1-2H2;2*1H;/q;;;;;+2/p-2. The van der Waals surface area contributed by atoms with Gasteiger partial charge in [0.2, 0.25) is 0 Å². The van der Waals surface area contributed by atoms with Crippen molar-refractivity contribution in [2.75, 3.05) is 0 Å². The molecule has 49 heavy (non-hydrogen) atoms. The van der Waals surface area contributed by atoms with Gasteiger partial charge >= 0.3 is 286 Å². The van der Waals surface area contributed by atoms with Gasteiger partial charge in [-0.3, -0.25) is 0 Å². The molecule has 1 fully saturated rings. The number of aryl methyl sites for hydroxylation is 4. The van der Waals surface area contributed by atoms with Crippen molar-refractivity contribution in [3.63, 3.8) is 0 Å². The fraction of sp³-hybridized carbons (Fsp3) is 0.217. The van der Waals surface area contributed by atoms with Gasteiger partial charge in [0, 0.05) is 0 Å². The van der Waals surface area contributed by atoms with Crippen molar-refractivity contribution in [1.82, 2.24) is 0 Å². The minimum Gasteiger partial charge on any atom is -1.00 e. The fourth-order valence-electron chi connectivity index (χ4n) is 10.2. The van der Waals surface area contributed by atoms with Crippen LogP contribution in [0.4, 0.5) is 0 Å². The van der Waals surface area contributed by atoms with Crippen LogP contribution in [0.15, 0.2) is 108 Å². The average Bonchev–Trinajstić information content (AvgIpc) is 3.64. The molecule has 0 saturated carbocycles. The van der Waals surface area contributed by atoms with Gasteiger partial charge in [0.25, 0.3) is 0 Å². The van der Waals surface area contributed by atoms with Gasteiger partial charge < -0.3 is 24.8 Å². The van der Waals surface area contributed by atoms with Gasteiger partial charge in [-0.25, -0.2) is 0 Å². The Morgan fingerprint density at radius 2 is 0.857 bits per heavy atom. The van der Waals surface area contributed by atoms with E-state index in [1.165, 1.54) is 85.4 Å². The molecule has 0 spiro atoms. The third-order valence-electron chi connectivity index (χ3n) is 12.0. The van der Waals surface area contributed by atoms with E-state index >= 15 is 0 Å². The summed E-state index contributed by atoms with van der Waals surface area (Å²) >= 11 is -2.83. The van der Waals surface area contributed by atoms with E-state index in [0.717, 1.165) is 0 Å². The summed E-state index contributed by atoms with van der Waals surface area (Å²) in [6.45, 7) is 14.4. The molecule has 3 aliphatic rings. The minimum absolute atomic E-state index is 0. The van der Waals surface area contributed by atoms with E-state index in [-0.39, 0.29) is 24.8 Å². The largest absolute Gasteiger partial charge is 1.00 e. The van der Waals surface area contributed by atoms with E-state index < -0.39 is 20.3 Å². The van der Waals surface area contributed by atoms with Crippen molar-refractivity contribution in [1.29, 1.82) is 0 Å². The number of halogens is 2. The summed E-state index contributed by atoms with van der Waals surface area (Å²) in [5.74, 6) is 0. The van der Waals surface area contributed by atoms with E-state index in [4.69, 9.17) is 0 Å². The van der Waals surface area contributed by atoms with Crippen LogP contribution >= 0.6 is 0 Å². The number of rotatable bonds is 4. The molecule has 0 N–H and O–H groups in total. The monoisotopic (exact) mass is 754 g/mol. The van der Waals surface area contributed by atoms with Gasteiger partial charge in [-0.15, -0.1) is 0 Å². The summed E-state index contributed by atoms with van der Waals surface area (Å²) in [5, 5.41) is 5.36. The Hall–Kier alpha value is -3.22. The summed E-state index contributed by atoms with van der Waals surface area (Å²) in [5.41, 5.74) is 21.1. The predicted octanol–water partition coefficient (Wildman–Crippen LogP) is 7.19. The van der Waals surface area contributed by atoms with Crippen LogP contribution in [0.25, 0.3) is 56.0 Å². The molecule has 3 heteroatoms. The van der Waals surface area contributed by atoms with Crippen LogP contribution in [0, 0.1) is 27.7 Å². The van der Waals surface area contributed by atoms with Gasteiger partial charge in [-0.05, 0) is 0 Å². The van der Waals surface area contributed by atoms with Crippen LogP contribution < -0.4 is 24.8 Å². The van der Waals surface area contributed by atoms with E-state index in [2.05, 4.69) is 151 Å². The van der Waals surface area contributed by atoms with Crippen molar-refractivity contribution < 1.29 is 45.1 Å². The first kappa shape index (κ1) is 34.2. The van der Waals surface area contributed by atoms with Gasteiger partial charge in [-0.2, -0.15) is 0 Å². The molecule has 0 amide bonds. The number of allylic oxidation sites excluding steroid dienone is 2. The molecule has 2 aliphatic carbocycles. The zero-order valence-corrected chi connectivity index (χ0v) is 33.2. The molecule has 0 aromatic heterocycles. The molecular formula is C46H42Cl2Zr. The average molecular weight is 757 g/mol. The van der Waals surface area contributed by atoms with Crippen LogP contribution in [0.5, 0.6) is 0 Å². The molecule has 1 heterocycles. The second-order valence-corrected chi connectivity index (χ2v) is 26.2. The topological polar surface area (TPSA) is 0 Å². The zero-order chi connectivity index (χ0) is 32.2. The van der Waals surface area contributed by atoms with Crippen molar-refractivity contribution in [2.24, 2.45) is 0 Å². The molecule has 244 valence electrons. The third kappa shape index (κ3) is 5.02. The summed E-state index contributed by atoms with van der Waals surface area (Å²) in [4.78, 5) is 0. The molecule has 2 unspecified atom stereocenters. The Morgan fingerprint density at radius 3 is 1.27 bits per heavy atom. The first-order chi connectivity index (χ1) is 22.8. The number of hydrogen-bond donors (Lipinski definition) is 0. The number of fused-ring (bicyclic) bond motifs is 4. The van der Waals surface area contributed by atoms with E-state index in [1.54, 1.807) is 22.3 Å². The Bertz CT molecular complexity index is 2210. The van der Waals surface area contributed by atoms with Crippen LogP contribution in [0.1, 0.15) is 65.6 Å². The Labute approximate surface area is 308 Å². The second-order valence-electron chi connectivity index (χ2n) is 14.9. The zero-order valence-electron chi connectivity index (χ0n) is 29.2. The fourth-order valence-corrected chi connectivity index (χ4v) is 28.3. The minimum atomic E-state index is -2.83. The first-order valence-electron chi connectivity index (χ1n) is 17.4. The molecule has 0 radical (unpaired) electrons. The van der Waals surface area contributed by atoms with E-state index in [9.17, 15) is 0 Å². The molecule has 6 aromatic rings. The van der Waals surface area contributed by atoms with E-state index in [1.807, 2.05) is 0 Å². The molecule has 9 rings (SSSR count). The van der Waals surface area contributed by atoms with Gasteiger partial charge in [0.1, 0.15) is 0 Å². The maximum Gasteiger partial charge on any atom is -1.00 e. The first-order valence-corrected chi connectivity index (χ1v) is 23.7. The maximum atomic E-state index is 2.62. The molecule has 1 aliphatic heterocycles. The second kappa shape index (κ2) is 12.5. The van der Waals surface area contributed by atoms with Gasteiger partial charge in [0.05, 0.1) is 0 Å². The number of benzene rings is 6. The Balaban J connectivity index is 0.00000189. The van der Waals surface area contributed by atoms with Gasteiger partial charge in [-0.1, -0.05) is 0 Å². The summed E-state index contributed by atoms with van der Waals surface area (Å²) in [7, 11) is 0. The van der Waals surface area contributed by atoms with Crippen LogP contribution in [0.3, 0.4) is 0 Å². The predicted molar refractivity (Wildman–Crippen MR) is 200 cm³/mol. The van der Waals surface area contributed by atoms with Crippen LogP contribution in [0.2, 0.25) is 8.26 Å². The summed E-state index contributed by atoms with van der Waals surface area (Å²) in [6.07, 6.45) is 5.24. The van der Waals surface area contributed by atoms with E-state index in [0.29, 0.717) is 7.25 Å². The van der Waals surface area contributed by atoms with Crippen LogP contribution in [-0.2, 0) is 20.3 Å². The molecule has 0 nitrogen and oxygen atoms in total. The smallest absolute Gasteiger partial charge is 1.00 e. The van der Waals surface area contributed by atoms with Crippen LogP contribution in [-0.4, -0.2) is 0 Å². The maximum absolute atomic E-state index is 2.83. The van der Waals surface area contributed by atoms with Crippen molar-refractivity contribution in [3.05, 3.63) is 153 Å². The van der Waals surface area contributed by atoms with Crippen molar-refractivity contribution >= 4 is 33.7 Å². The number of hydrogen-bond acceptors (Lipinski definition) is 0. The SMILES string of the molecule is CC1=Cc2c(-c3cccc4ccccc34)c(C)cc(C)c2[CH]1[Zr+2]1([CH]2C(C)=Cc3c(-c4cccc5ccccc45)c(C)cc(C)c32)[CH2][CH2]1.[Cl-].[Cl-]. The molecule has 6 aromatic carbocycles. The summed E-state index contributed by atoms with van der Waals surface area (Å²) < 4.78 is 4.23. The molecule has 1 saturated heterocycles. The quantitative estimate of drug-likeness (QED) is 0.179. The van der Waals surface area contributed by atoms with Gasteiger partial charge in [0.15, 0.2) is 0 Å². The third-order valence-corrected chi connectivity index (χ3v) is 25.3. The molecule has 2 atom stereocenters. The summed E-state index contributed by atoms with van der Waals surface area (Å²) in [6, 6.07) is 36.6. The Kier molecular flexibility index (Phi) is 8.75. The molecular weight excluding hydrogens is 715 g/mol. The van der Waals surface area contributed by atoms with Crippen molar-refractivity contribution in [3.8, 4) is 22.3 Å². The Morgan fingerprint density at radius 1 is 0.469 bits per heavy atom. The normalized spacial score (nSPS) is 17.7. The molecule has 0 bridgehead atoms. The van der Waals surface area contributed by atoms with Crippen molar-refractivity contribution in [2.45, 2.75) is 57.1 Å².